The maximum Gasteiger partial charge on any atom is 0.0547 e. The summed E-state index contributed by atoms with van der Waals surface area (Å²) < 4.78 is 3.74. The molecule has 0 radical (unpaired) electrons. The van der Waals surface area contributed by atoms with Gasteiger partial charge in [0.25, 0.3) is 0 Å². The summed E-state index contributed by atoms with van der Waals surface area (Å²) in [6.45, 7) is 3.10. The summed E-state index contributed by atoms with van der Waals surface area (Å²) >= 11 is 0. The van der Waals surface area contributed by atoms with Crippen molar-refractivity contribution in [2.75, 3.05) is 6.54 Å². The fraction of sp³-hybridized carbons (Fsp3) is 0.500. The molecule has 92 valence electrons. The Balaban J connectivity index is 1.81. The summed E-state index contributed by atoms with van der Waals surface area (Å²) in [4.78, 5) is 0. The predicted octanol–water partition coefficient (Wildman–Crippen LogP) is 1.05. The third-order valence-corrected chi connectivity index (χ3v) is 2.93. The molecule has 17 heavy (non-hydrogen) atoms. The van der Waals surface area contributed by atoms with Crippen molar-refractivity contribution in [1.82, 2.24) is 24.9 Å². The number of rotatable bonds is 5. The molecule has 0 spiro atoms. The van der Waals surface area contributed by atoms with E-state index in [1.54, 1.807) is 0 Å². The molecule has 1 unspecified atom stereocenters. The van der Waals surface area contributed by atoms with Gasteiger partial charge in [0.15, 0.2) is 0 Å². The number of aromatic nitrogens is 4. The summed E-state index contributed by atoms with van der Waals surface area (Å²) in [5.41, 5.74) is 2.47. The second-order valence-electron chi connectivity index (χ2n) is 4.33. The molecule has 2 heterocycles. The number of nitrogens with zero attached hydrogens (tertiary/aromatic N) is 4. The van der Waals surface area contributed by atoms with E-state index in [-0.39, 0.29) is 0 Å². The molecular weight excluding hydrogens is 214 g/mol. The average Bonchev–Trinajstić information content (AvgIpc) is 2.87. The van der Waals surface area contributed by atoms with Crippen molar-refractivity contribution >= 4 is 0 Å². The van der Waals surface area contributed by atoms with Crippen molar-refractivity contribution in [2.24, 2.45) is 14.1 Å². The van der Waals surface area contributed by atoms with Crippen LogP contribution in [0, 0.1) is 0 Å². The van der Waals surface area contributed by atoms with Crippen LogP contribution in [-0.4, -0.2) is 26.1 Å². The molecule has 2 rings (SSSR count). The molecule has 0 aliphatic carbocycles. The molecule has 0 aliphatic rings. The van der Waals surface area contributed by atoms with E-state index in [0.717, 1.165) is 13.0 Å². The minimum absolute atomic E-state index is 0.319. The molecule has 0 bridgehead atoms. The lowest BCUT2D eigenvalue weighted by atomic mass is 10.2. The maximum atomic E-state index is 4.17. The second kappa shape index (κ2) is 5.14. The van der Waals surface area contributed by atoms with Gasteiger partial charge >= 0.3 is 0 Å². The van der Waals surface area contributed by atoms with E-state index < -0.39 is 0 Å². The van der Waals surface area contributed by atoms with E-state index in [9.17, 15) is 0 Å². The summed E-state index contributed by atoms with van der Waals surface area (Å²) in [6.07, 6.45) is 6.79. The molecule has 5 nitrogen and oxygen atoms in total. The maximum absolute atomic E-state index is 4.17. The van der Waals surface area contributed by atoms with Crippen LogP contribution in [0.4, 0.5) is 0 Å². The zero-order valence-electron chi connectivity index (χ0n) is 10.6. The summed E-state index contributed by atoms with van der Waals surface area (Å²) in [6, 6.07) is 2.36. The van der Waals surface area contributed by atoms with Crippen LogP contribution >= 0.6 is 0 Å². The lowest BCUT2D eigenvalue weighted by molar-refractivity contribution is 0.533. The highest BCUT2D eigenvalue weighted by Crippen LogP contribution is 2.09. The molecule has 1 N–H and O–H groups in total. The van der Waals surface area contributed by atoms with E-state index >= 15 is 0 Å². The Hall–Kier alpha value is -1.62. The Morgan fingerprint density at radius 3 is 2.76 bits per heavy atom. The molecule has 1 atom stereocenters. The van der Waals surface area contributed by atoms with E-state index in [0.29, 0.717) is 6.04 Å². The molecule has 5 heteroatoms. The van der Waals surface area contributed by atoms with Gasteiger partial charge < -0.3 is 5.32 Å². The lowest BCUT2D eigenvalue weighted by Gasteiger charge is -2.13. The Labute approximate surface area is 101 Å². The van der Waals surface area contributed by atoms with Gasteiger partial charge in [-0.05, 0) is 31.5 Å². The predicted molar refractivity (Wildman–Crippen MR) is 66.5 cm³/mol. The first-order valence-corrected chi connectivity index (χ1v) is 5.85. The number of hydrogen-bond acceptors (Lipinski definition) is 3. The quantitative estimate of drug-likeness (QED) is 0.839. The molecule has 0 aromatic carbocycles. The van der Waals surface area contributed by atoms with Crippen LogP contribution in [0.15, 0.2) is 24.7 Å². The lowest BCUT2D eigenvalue weighted by Crippen LogP contribution is -2.23. The normalized spacial score (nSPS) is 12.9. The van der Waals surface area contributed by atoms with Gasteiger partial charge in [0.05, 0.1) is 11.9 Å². The van der Waals surface area contributed by atoms with Crippen LogP contribution in [0.1, 0.15) is 24.2 Å². The van der Waals surface area contributed by atoms with Gasteiger partial charge in [0, 0.05) is 32.5 Å². The largest absolute Gasteiger partial charge is 0.309 e. The van der Waals surface area contributed by atoms with Gasteiger partial charge in [-0.1, -0.05) is 0 Å². The Bertz CT molecular complexity index is 471. The highest BCUT2D eigenvalue weighted by molar-refractivity contribution is 5.07. The minimum Gasteiger partial charge on any atom is -0.309 e. The summed E-state index contributed by atoms with van der Waals surface area (Å²) in [7, 11) is 3.91. The molecule has 0 aliphatic heterocycles. The summed E-state index contributed by atoms with van der Waals surface area (Å²) in [5.74, 6) is 0. The topological polar surface area (TPSA) is 47.7 Å². The molecule has 0 amide bonds. The van der Waals surface area contributed by atoms with Gasteiger partial charge in [-0.15, -0.1) is 0 Å². The van der Waals surface area contributed by atoms with Gasteiger partial charge in [0.1, 0.15) is 0 Å². The number of aryl methyl sites for hydroxylation is 2. The van der Waals surface area contributed by atoms with Crippen molar-refractivity contribution in [3.63, 3.8) is 0 Å². The summed E-state index contributed by atoms with van der Waals surface area (Å²) in [5, 5.41) is 11.8. The average molecular weight is 233 g/mol. The number of nitrogens with one attached hydrogen (secondary N) is 1. The van der Waals surface area contributed by atoms with Crippen molar-refractivity contribution in [3.05, 3.63) is 35.9 Å². The van der Waals surface area contributed by atoms with E-state index in [1.807, 2.05) is 41.9 Å². The molecular formula is C12H19N5. The zero-order valence-corrected chi connectivity index (χ0v) is 10.6. The molecule has 0 fully saturated rings. The van der Waals surface area contributed by atoms with Crippen LogP contribution in [0.3, 0.4) is 0 Å². The van der Waals surface area contributed by atoms with Gasteiger partial charge in [-0.3, -0.25) is 9.36 Å². The SMILES string of the molecule is CC(NCCc1cnn(C)c1)c1ccnn1C. The first-order valence-electron chi connectivity index (χ1n) is 5.85. The third kappa shape index (κ3) is 2.94. The first kappa shape index (κ1) is 11.9. The van der Waals surface area contributed by atoms with Crippen molar-refractivity contribution < 1.29 is 0 Å². The Morgan fingerprint density at radius 1 is 1.35 bits per heavy atom. The standard InChI is InChI=1S/C12H19N5/c1-10(12-5-7-14-17(12)3)13-6-4-11-8-15-16(2)9-11/h5,7-10,13H,4,6H2,1-3H3. The smallest absolute Gasteiger partial charge is 0.0547 e. The van der Waals surface area contributed by atoms with Gasteiger partial charge in [0.2, 0.25) is 0 Å². The third-order valence-electron chi connectivity index (χ3n) is 2.93. The van der Waals surface area contributed by atoms with Crippen LogP contribution in [0.2, 0.25) is 0 Å². The number of hydrogen-bond donors (Lipinski definition) is 1. The Kier molecular flexibility index (Phi) is 3.58. The van der Waals surface area contributed by atoms with Crippen LogP contribution in [0.5, 0.6) is 0 Å². The first-order chi connectivity index (χ1) is 8.16. The van der Waals surface area contributed by atoms with Crippen molar-refractivity contribution in [2.45, 2.75) is 19.4 Å². The molecule has 0 saturated carbocycles. The van der Waals surface area contributed by atoms with Crippen LogP contribution in [0.25, 0.3) is 0 Å². The molecule has 2 aromatic heterocycles. The van der Waals surface area contributed by atoms with E-state index in [2.05, 4.69) is 28.6 Å². The minimum atomic E-state index is 0.319. The van der Waals surface area contributed by atoms with Crippen LogP contribution < -0.4 is 5.32 Å². The fourth-order valence-corrected chi connectivity index (χ4v) is 1.95. The zero-order chi connectivity index (χ0) is 12.3. The van der Waals surface area contributed by atoms with Gasteiger partial charge in [-0.2, -0.15) is 10.2 Å². The second-order valence-corrected chi connectivity index (χ2v) is 4.33. The van der Waals surface area contributed by atoms with Crippen molar-refractivity contribution in [3.8, 4) is 0 Å². The molecule has 2 aromatic rings. The highest BCUT2D eigenvalue weighted by Gasteiger charge is 2.08. The fourth-order valence-electron chi connectivity index (χ4n) is 1.95. The van der Waals surface area contributed by atoms with E-state index in [4.69, 9.17) is 0 Å². The van der Waals surface area contributed by atoms with Crippen molar-refractivity contribution in [1.29, 1.82) is 0 Å². The molecule has 0 saturated heterocycles. The monoisotopic (exact) mass is 233 g/mol. The van der Waals surface area contributed by atoms with Gasteiger partial charge in [-0.25, -0.2) is 0 Å². The van der Waals surface area contributed by atoms with Crippen LogP contribution in [-0.2, 0) is 20.5 Å². The Morgan fingerprint density at radius 2 is 2.18 bits per heavy atom. The van der Waals surface area contributed by atoms with E-state index in [1.165, 1.54) is 11.3 Å². The highest BCUT2D eigenvalue weighted by atomic mass is 15.3.